The maximum Gasteiger partial charge on any atom is 0.249 e. The van der Waals surface area contributed by atoms with Gasteiger partial charge in [0.15, 0.2) is 0 Å². The third-order valence-corrected chi connectivity index (χ3v) is 4.24. The van der Waals surface area contributed by atoms with Gasteiger partial charge >= 0.3 is 0 Å². The van der Waals surface area contributed by atoms with Crippen LogP contribution in [0.4, 0.5) is 0 Å². The second-order valence-electron chi connectivity index (χ2n) is 5.53. The number of carbonyl (C=O) groups is 1. The highest BCUT2D eigenvalue weighted by molar-refractivity contribution is 5.95. The molecule has 0 fully saturated rings. The first-order valence-electron chi connectivity index (χ1n) is 7.75. The minimum Gasteiger partial charge on any atom is -0.366 e. The normalized spacial score (nSPS) is 11.2. The number of benzene rings is 3. The summed E-state index contributed by atoms with van der Waals surface area (Å²) in [5, 5.41) is 0. The fourth-order valence-corrected chi connectivity index (χ4v) is 3.17. The van der Waals surface area contributed by atoms with Gasteiger partial charge in [0.25, 0.3) is 0 Å². The van der Waals surface area contributed by atoms with Crippen molar-refractivity contribution in [3.05, 3.63) is 107 Å². The van der Waals surface area contributed by atoms with Gasteiger partial charge in [0.2, 0.25) is 5.91 Å². The average Bonchev–Trinajstić information content (AvgIpc) is 2.65. The predicted molar refractivity (Wildman–Crippen MR) is 94.7 cm³/mol. The lowest BCUT2D eigenvalue weighted by molar-refractivity contribution is 0.0572. The van der Waals surface area contributed by atoms with E-state index < -0.39 is 11.5 Å². The molecule has 0 aliphatic heterocycles. The third kappa shape index (κ3) is 2.59. The fraction of sp³-hybridized carbons (Fsp3) is 0.0952. The second-order valence-corrected chi connectivity index (χ2v) is 5.53. The molecule has 0 aliphatic carbocycles. The molecule has 0 spiro atoms. The van der Waals surface area contributed by atoms with Gasteiger partial charge in [0.05, 0.1) is 0 Å². The van der Waals surface area contributed by atoms with Crippen LogP contribution < -0.4 is 5.73 Å². The van der Waals surface area contributed by atoms with Crippen molar-refractivity contribution in [2.75, 3.05) is 7.11 Å². The van der Waals surface area contributed by atoms with Crippen molar-refractivity contribution in [1.29, 1.82) is 0 Å². The van der Waals surface area contributed by atoms with Crippen molar-refractivity contribution < 1.29 is 9.53 Å². The smallest absolute Gasteiger partial charge is 0.249 e. The van der Waals surface area contributed by atoms with E-state index in [9.17, 15) is 4.79 Å². The van der Waals surface area contributed by atoms with Crippen LogP contribution in [0, 0.1) is 0 Å². The Hall–Kier alpha value is -2.91. The number of hydrogen-bond acceptors (Lipinski definition) is 2. The average molecular weight is 317 g/mol. The van der Waals surface area contributed by atoms with Crippen molar-refractivity contribution in [3.8, 4) is 0 Å². The van der Waals surface area contributed by atoms with Gasteiger partial charge in [-0.05, 0) is 17.2 Å². The summed E-state index contributed by atoms with van der Waals surface area (Å²) in [5.41, 5.74) is 7.78. The molecule has 3 heteroatoms. The molecule has 0 aromatic heterocycles. The summed E-state index contributed by atoms with van der Waals surface area (Å²) in [5.74, 6) is -0.473. The molecule has 2 N–H and O–H groups in total. The Labute approximate surface area is 141 Å². The molecule has 3 aromatic carbocycles. The zero-order valence-corrected chi connectivity index (χ0v) is 13.5. The highest BCUT2D eigenvalue weighted by atomic mass is 16.5. The molecular formula is C21H19NO2. The maximum absolute atomic E-state index is 12.0. The summed E-state index contributed by atoms with van der Waals surface area (Å²) in [7, 11) is 1.65. The molecule has 3 rings (SSSR count). The summed E-state index contributed by atoms with van der Waals surface area (Å²) in [6, 6.07) is 27.0. The Balaban J connectivity index is 2.38. The molecule has 1 amide bonds. The Morgan fingerprint density at radius 3 is 1.71 bits per heavy atom. The lowest BCUT2D eigenvalue weighted by atomic mass is 9.78. The van der Waals surface area contributed by atoms with Gasteiger partial charge < -0.3 is 10.5 Å². The fourth-order valence-electron chi connectivity index (χ4n) is 3.17. The first kappa shape index (κ1) is 16.0. The monoisotopic (exact) mass is 317 g/mol. The Morgan fingerprint density at radius 2 is 1.25 bits per heavy atom. The zero-order valence-electron chi connectivity index (χ0n) is 13.5. The van der Waals surface area contributed by atoms with Crippen LogP contribution in [0.1, 0.15) is 27.0 Å². The molecule has 0 heterocycles. The number of primary amides is 1. The molecule has 120 valence electrons. The van der Waals surface area contributed by atoms with Crippen LogP contribution in [0.25, 0.3) is 0 Å². The quantitative estimate of drug-likeness (QED) is 0.729. The van der Waals surface area contributed by atoms with E-state index in [2.05, 4.69) is 0 Å². The number of amides is 1. The Morgan fingerprint density at radius 1 is 0.792 bits per heavy atom. The van der Waals surface area contributed by atoms with Gasteiger partial charge in [0.1, 0.15) is 5.60 Å². The van der Waals surface area contributed by atoms with Crippen LogP contribution in [-0.2, 0) is 10.3 Å². The van der Waals surface area contributed by atoms with Crippen molar-refractivity contribution in [2.24, 2.45) is 5.73 Å². The molecule has 0 aliphatic rings. The van der Waals surface area contributed by atoms with Crippen LogP contribution in [-0.4, -0.2) is 13.0 Å². The van der Waals surface area contributed by atoms with Crippen molar-refractivity contribution in [1.82, 2.24) is 0 Å². The van der Waals surface area contributed by atoms with E-state index in [1.807, 2.05) is 72.8 Å². The minimum absolute atomic E-state index is 0.451. The molecule has 0 bridgehead atoms. The van der Waals surface area contributed by atoms with E-state index in [1.54, 1.807) is 19.2 Å². The SMILES string of the molecule is COC(c1ccccc1)(c1ccccc1)c1ccccc1C(N)=O. The van der Waals surface area contributed by atoms with Gasteiger partial charge in [-0.3, -0.25) is 4.79 Å². The van der Waals surface area contributed by atoms with Gasteiger partial charge in [-0.2, -0.15) is 0 Å². The van der Waals surface area contributed by atoms with Crippen LogP contribution in [0.2, 0.25) is 0 Å². The Kier molecular flexibility index (Phi) is 4.45. The van der Waals surface area contributed by atoms with Crippen LogP contribution in [0.15, 0.2) is 84.9 Å². The predicted octanol–water partition coefficient (Wildman–Crippen LogP) is 3.72. The lowest BCUT2D eigenvalue weighted by Gasteiger charge is -2.35. The summed E-state index contributed by atoms with van der Waals surface area (Å²) in [6.45, 7) is 0. The minimum atomic E-state index is -0.909. The van der Waals surface area contributed by atoms with Gasteiger partial charge in [-0.15, -0.1) is 0 Å². The number of carbonyl (C=O) groups excluding carboxylic acids is 1. The Bertz CT molecular complexity index is 789. The van der Waals surface area contributed by atoms with E-state index in [1.165, 1.54) is 0 Å². The van der Waals surface area contributed by atoms with Gasteiger partial charge in [-0.1, -0.05) is 78.9 Å². The largest absolute Gasteiger partial charge is 0.366 e. The van der Waals surface area contributed by atoms with E-state index in [0.717, 1.165) is 16.7 Å². The van der Waals surface area contributed by atoms with E-state index >= 15 is 0 Å². The molecule has 0 unspecified atom stereocenters. The topological polar surface area (TPSA) is 52.3 Å². The number of nitrogens with two attached hydrogens (primary N) is 1. The lowest BCUT2D eigenvalue weighted by Crippen LogP contribution is -2.34. The van der Waals surface area contributed by atoms with Gasteiger partial charge in [0, 0.05) is 18.2 Å². The van der Waals surface area contributed by atoms with Crippen molar-refractivity contribution in [3.63, 3.8) is 0 Å². The zero-order chi connectivity index (χ0) is 17.0. The molecule has 0 saturated heterocycles. The van der Waals surface area contributed by atoms with Crippen LogP contribution >= 0.6 is 0 Å². The third-order valence-electron chi connectivity index (χ3n) is 4.24. The maximum atomic E-state index is 12.0. The summed E-state index contributed by atoms with van der Waals surface area (Å²) < 4.78 is 6.08. The molecular weight excluding hydrogens is 298 g/mol. The first-order valence-corrected chi connectivity index (χ1v) is 7.75. The highest BCUT2D eigenvalue weighted by Crippen LogP contribution is 2.41. The number of methoxy groups -OCH3 is 1. The second kappa shape index (κ2) is 6.69. The molecule has 24 heavy (non-hydrogen) atoms. The standard InChI is InChI=1S/C21H19NO2/c1-24-21(16-10-4-2-5-11-16,17-12-6-3-7-13-17)19-15-9-8-14-18(19)20(22)23/h2-15H,1H3,(H2,22,23). The highest BCUT2D eigenvalue weighted by Gasteiger charge is 2.38. The van der Waals surface area contributed by atoms with Crippen molar-refractivity contribution in [2.45, 2.75) is 5.60 Å². The van der Waals surface area contributed by atoms with Crippen molar-refractivity contribution >= 4 is 5.91 Å². The van der Waals surface area contributed by atoms with E-state index in [-0.39, 0.29) is 0 Å². The molecule has 0 saturated carbocycles. The number of rotatable bonds is 5. The van der Waals surface area contributed by atoms with E-state index in [0.29, 0.717) is 5.56 Å². The van der Waals surface area contributed by atoms with Crippen LogP contribution in [0.5, 0.6) is 0 Å². The molecule has 3 aromatic rings. The summed E-state index contributed by atoms with van der Waals surface area (Å²) >= 11 is 0. The van der Waals surface area contributed by atoms with Gasteiger partial charge in [-0.25, -0.2) is 0 Å². The number of hydrogen-bond donors (Lipinski definition) is 1. The molecule has 0 atom stereocenters. The molecule has 0 radical (unpaired) electrons. The number of ether oxygens (including phenoxy) is 1. The summed E-state index contributed by atoms with van der Waals surface area (Å²) in [6.07, 6.45) is 0. The van der Waals surface area contributed by atoms with Crippen LogP contribution in [0.3, 0.4) is 0 Å². The first-order chi connectivity index (χ1) is 11.7. The molecule has 3 nitrogen and oxygen atoms in total. The summed E-state index contributed by atoms with van der Waals surface area (Å²) in [4.78, 5) is 12.0. The van der Waals surface area contributed by atoms with E-state index in [4.69, 9.17) is 10.5 Å².